The van der Waals surface area contributed by atoms with E-state index in [0.29, 0.717) is 9.80 Å². The summed E-state index contributed by atoms with van der Waals surface area (Å²) in [4.78, 5) is 37.8. The zero-order chi connectivity index (χ0) is 19.8. The number of ether oxygens (including phenoxy) is 1. The number of hydrogen-bond acceptors (Lipinski definition) is 4. The normalized spacial score (nSPS) is 13.6. The van der Waals surface area contributed by atoms with Crippen molar-refractivity contribution in [1.82, 2.24) is 4.90 Å². The van der Waals surface area contributed by atoms with Crippen LogP contribution in [0.4, 0.5) is 18.9 Å². The van der Waals surface area contributed by atoms with Gasteiger partial charge in [-0.05, 0) is 24.3 Å². The van der Waals surface area contributed by atoms with Gasteiger partial charge in [-0.1, -0.05) is 24.3 Å². The Kier molecular flexibility index (Phi) is 4.61. The van der Waals surface area contributed by atoms with Gasteiger partial charge in [-0.3, -0.25) is 24.2 Å². The van der Waals surface area contributed by atoms with E-state index in [4.69, 9.17) is 4.74 Å². The molecular formula is C18H13F3N2O4. The summed E-state index contributed by atoms with van der Waals surface area (Å²) >= 11 is 0. The summed E-state index contributed by atoms with van der Waals surface area (Å²) in [7, 11) is 1.23. The molecule has 2 aromatic rings. The molecule has 9 heteroatoms. The third-order valence-corrected chi connectivity index (χ3v) is 4.02. The van der Waals surface area contributed by atoms with Crippen molar-refractivity contribution < 1.29 is 32.3 Å². The first-order valence-electron chi connectivity index (χ1n) is 7.72. The lowest BCUT2D eigenvalue weighted by atomic mass is 10.1. The predicted molar refractivity (Wildman–Crippen MR) is 88.3 cm³/mol. The van der Waals surface area contributed by atoms with E-state index in [-0.39, 0.29) is 22.6 Å². The molecule has 1 aliphatic rings. The van der Waals surface area contributed by atoms with Crippen LogP contribution >= 0.6 is 0 Å². The van der Waals surface area contributed by atoms with E-state index in [1.54, 1.807) is 0 Å². The van der Waals surface area contributed by atoms with Crippen molar-refractivity contribution >= 4 is 23.4 Å². The Morgan fingerprint density at radius 3 is 2.04 bits per heavy atom. The lowest BCUT2D eigenvalue weighted by Gasteiger charge is -2.28. The molecule has 1 heterocycles. The van der Waals surface area contributed by atoms with Gasteiger partial charge in [0, 0.05) is 0 Å². The molecule has 27 heavy (non-hydrogen) atoms. The summed E-state index contributed by atoms with van der Waals surface area (Å²) in [6.07, 6.45) is -5.21. The number of para-hydroxylation sites is 2. The smallest absolute Gasteiger partial charge is 0.471 e. The fraction of sp³-hybridized carbons (Fsp3) is 0.167. The van der Waals surface area contributed by atoms with Crippen molar-refractivity contribution in [2.24, 2.45) is 0 Å². The second kappa shape index (κ2) is 6.75. The van der Waals surface area contributed by atoms with Gasteiger partial charge < -0.3 is 4.74 Å². The number of halogens is 3. The van der Waals surface area contributed by atoms with Gasteiger partial charge in [-0.15, -0.1) is 0 Å². The van der Waals surface area contributed by atoms with Crippen LogP contribution in [0.25, 0.3) is 0 Å². The number of alkyl halides is 3. The third kappa shape index (κ3) is 3.23. The van der Waals surface area contributed by atoms with Gasteiger partial charge in [-0.25, -0.2) is 0 Å². The monoisotopic (exact) mass is 378 g/mol. The van der Waals surface area contributed by atoms with Crippen LogP contribution in [0.3, 0.4) is 0 Å². The van der Waals surface area contributed by atoms with Crippen molar-refractivity contribution in [1.29, 1.82) is 0 Å². The molecule has 0 aliphatic carbocycles. The molecule has 0 aromatic heterocycles. The fourth-order valence-corrected chi connectivity index (χ4v) is 2.76. The molecular weight excluding hydrogens is 365 g/mol. The summed E-state index contributed by atoms with van der Waals surface area (Å²) in [5, 5.41) is 0. The van der Waals surface area contributed by atoms with Crippen LogP contribution in [-0.4, -0.2) is 42.6 Å². The number of anilines is 1. The van der Waals surface area contributed by atoms with Crippen LogP contribution in [0.5, 0.6) is 5.75 Å². The van der Waals surface area contributed by atoms with Gasteiger partial charge >= 0.3 is 12.1 Å². The molecule has 0 saturated heterocycles. The number of hydrogen-bond donors (Lipinski definition) is 0. The summed E-state index contributed by atoms with van der Waals surface area (Å²) in [5.74, 6) is -3.77. The van der Waals surface area contributed by atoms with Gasteiger partial charge in [0.1, 0.15) is 12.4 Å². The first-order chi connectivity index (χ1) is 12.8. The zero-order valence-corrected chi connectivity index (χ0v) is 14.0. The highest BCUT2D eigenvalue weighted by Crippen LogP contribution is 2.33. The standard InChI is InChI=1S/C18H13F3N2O4/c1-27-14-9-5-4-8-13(14)22(17(26)18(19,20)21)10-23-15(24)11-6-2-3-7-12(11)16(23)25/h2-9H,10H2,1H3. The Bertz CT molecular complexity index is 892. The van der Waals surface area contributed by atoms with Crippen LogP contribution in [0.15, 0.2) is 48.5 Å². The molecule has 0 saturated carbocycles. The second-order valence-corrected chi connectivity index (χ2v) is 5.63. The summed E-state index contributed by atoms with van der Waals surface area (Å²) in [5.41, 5.74) is -0.0669. The van der Waals surface area contributed by atoms with Crippen molar-refractivity contribution in [3.63, 3.8) is 0 Å². The van der Waals surface area contributed by atoms with Crippen LogP contribution in [-0.2, 0) is 4.79 Å². The maximum atomic E-state index is 13.1. The lowest BCUT2D eigenvalue weighted by Crippen LogP contribution is -2.49. The average Bonchev–Trinajstić information content (AvgIpc) is 2.89. The van der Waals surface area contributed by atoms with Crippen LogP contribution in [0, 0.1) is 0 Å². The number of amides is 3. The molecule has 0 unspecified atom stereocenters. The molecule has 3 rings (SSSR count). The van der Waals surface area contributed by atoms with Crippen LogP contribution in [0.2, 0.25) is 0 Å². The number of imide groups is 1. The minimum atomic E-state index is -5.21. The first-order valence-corrected chi connectivity index (χ1v) is 7.72. The highest BCUT2D eigenvalue weighted by atomic mass is 19.4. The molecule has 0 atom stereocenters. The third-order valence-electron chi connectivity index (χ3n) is 4.02. The molecule has 140 valence electrons. The van der Waals surface area contributed by atoms with E-state index in [2.05, 4.69) is 0 Å². The number of carbonyl (C=O) groups is 3. The number of nitrogens with zero attached hydrogens (tertiary/aromatic N) is 2. The highest BCUT2D eigenvalue weighted by Gasteiger charge is 2.46. The van der Waals surface area contributed by atoms with E-state index in [9.17, 15) is 27.6 Å². The number of benzene rings is 2. The summed E-state index contributed by atoms with van der Waals surface area (Å²) in [6, 6.07) is 11.4. The zero-order valence-electron chi connectivity index (χ0n) is 14.0. The number of fused-ring (bicyclic) bond motifs is 1. The van der Waals surface area contributed by atoms with Crippen molar-refractivity contribution in [3.05, 3.63) is 59.7 Å². The molecule has 0 fully saturated rings. The average molecular weight is 378 g/mol. The van der Waals surface area contributed by atoms with E-state index < -0.39 is 30.6 Å². The highest BCUT2D eigenvalue weighted by molar-refractivity contribution is 6.21. The molecule has 6 nitrogen and oxygen atoms in total. The number of rotatable bonds is 4. The Labute approximate surface area is 151 Å². The molecule has 0 bridgehead atoms. The van der Waals surface area contributed by atoms with E-state index >= 15 is 0 Å². The Morgan fingerprint density at radius 1 is 1.00 bits per heavy atom. The topological polar surface area (TPSA) is 66.9 Å². The maximum absolute atomic E-state index is 13.1. The quantitative estimate of drug-likeness (QED) is 0.768. The van der Waals surface area contributed by atoms with E-state index in [1.807, 2.05) is 0 Å². The molecule has 0 N–H and O–H groups in total. The molecule has 0 spiro atoms. The predicted octanol–water partition coefficient (Wildman–Crippen LogP) is 2.84. The number of methoxy groups -OCH3 is 1. The Morgan fingerprint density at radius 2 is 1.52 bits per heavy atom. The molecule has 3 amide bonds. The van der Waals surface area contributed by atoms with Gasteiger partial charge in [-0.2, -0.15) is 13.2 Å². The van der Waals surface area contributed by atoms with Crippen molar-refractivity contribution in [2.45, 2.75) is 6.18 Å². The van der Waals surface area contributed by atoms with Crippen LogP contribution < -0.4 is 9.64 Å². The minimum Gasteiger partial charge on any atom is -0.495 e. The van der Waals surface area contributed by atoms with Crippen molar-refractivity contribution in [3.8, 4) is 5.75 Å². The Hall–Kier alpha value is -3.36. The maximum Gasteiger partial charge on any atom is 0.471 e. The van der Waals surface area contributed by atoms with Crippen LogP contribution in [0.1, 0.15) is 20.7 Å². The largest absolute Gasteiger partial charge is 0.495 e. The van der Waals surface area contributed by atoms with Gasteiger partial charge in [0.2, 0.25) is 0 Å². The second-order valence-electron chi connectivity index (χ2n) is 5.63. The molecule has 1 aliphatic heterocycles. The minimum absolute atomic E-state index is 0.00768. The fourth-order valence-electron chi connectivity index (χ4n) is 2.76. The lowest BCUT2D eigenvalue weighted by molar-refractivity contribution is -0.170. The van der Waals surface area contributed by atoms with Gasteiger partial charge in [0.05, 0.1) is 23.9 Å². The molecule has 2 aromatic carbocycles. The molecule has 0 radical (unpaired) electrons. The summed E-state index contributed by atoms with van der Waals surface area (Å²) in [6.45, 7) is -0.898. The first kappa shape index (κ1) is 18.4. The van der Waals surface area contributed by atoms with E-state index in [1.165, 1.54) is 55.6 Å². The SMILES string of the molecule is COc1ccccc1N(CN1C(=O)c2ccccc2C1=O)C(=O)C(F)(F)F. The van der Waals surface area contributed by atoms with Gasteiger partial charge in [0.25, 0.3) is 11.8 Å². The van der Waals surface area contributed by atoms with E-state index in [0.717, 1.165) is 0 Å². The Balaban J connectivity index is 2.02. The number of carbonyl (C=O) groups excluding carboxylic acids is 3. The van der Waals surface area contributed by atoms with Gasteiger partial charge in [0.15, 0.2) is 0 Å². The summed E-state index contributed by atoms with van der Waals surface area (Å²) < 4.78 is 44.4. The van der Waals surface area contributed by atoms with Crippen molar-refractivity contribution in [2.75, 3.05) is 18.7 Å².